The predicted molar refractivity (Wildman–Crippen MR) is 45.6 cm³/mol. The van der Waals surface area contributed by atoms with Gasteiger partial charge in [-0.25, -0.2) is 0 Å². The molecule has 0 saturated heterocycles. The average Bonchev–Trinajstić information content (AvgIpc) is 2.06. The second-order valence-electron chi connectivity index (χ2n) is 2.93. The molecule has 0 fully saturated rings. The standard InChI is InChI=1S/C10H8F3O/c11-10(12,13)7-9-3-1-8(2-4-9)5-6-14/h1-4H,5,7H2. The third kappa shape index (κ3) is 3.60. The van der Waals surface area contributed by atoms with Crippen molar-refractivity contribution >= 4 is 6.29 Å². The highest BCUT2D eigenvalue weighted by Crippen LogP contribution is 2.21. The molecular weight excluding hydrogens is 193 g/mol. The second-order valence-corrected chi connectivity index (χ2v) is 2.93. The first kappa shape index (κ1) is 10.8. The van der Waals surface area contributed by atoms with E-state index in [9.17, 15) is 18.0 Å². The molecule has 75 valence electrons. The van der Waals surface area contributed by atoms with Crippen LogP contribution in [0.25, 0.3) is 0 Å². The summed E-state index contributed by atoms with van der Waals surface area (Å²) in [4.78, 5) is 9.98. The van der Waals surface area contributed by atoms with Crippen LogP contribution in [0.1, 0.15) is 11.1 Å². The Bertz CT molecular complexity index is 300. The minimum atomic E-state index is -4.18. The molecule has 0 spiro atoms. The molecule has 4 heteroatoms. The van der Waals surface area contributed by atoms with E-state index < -0.39 is 12.6 Å². The summed E-state index contributed by atoms with van der Waals surface area (Å²) in [5, 5.41) is 0. The van der Waals surface area contributed by atoms with E-state index in [-0.39, 0.29) is 12.0 Å². The molecule has 1 radical (unpaired) electrons. The van der Waals surface area contributed by atoms with Gasteiger partial charge in [0.2, 0.25) is 6.29 Å². The maximum atomic E-state index is 11.9. The van der Waals surface area contributed by atoms with Crippen LogP contribution < -0.4 is 0 Å². The van der Waals surface area contributed by atoms with Gasteiger partial charge in [0.15, 0.2) is 0 Å². The highest BCUT2D eigenvalue weighted by molar-refractivity contribution is 5.55. The molecule has 0 aliphatic rings. The maximum Gasteiger partial charge on any atom is 0.393 e. The largest absolute Gasteiger partial charge is 0.393 e. The minimum Gasteiger partial charge on any atom is -0.291 e. The van der Waals surface area contributed by atoms with Crippen LogP contribution >= 0.6 is 0 Å². The molecule has 0 heterocycles. The van der Waals surface area contributed by atoms with Crippen LogP contribution in [0.4, 0.5) is 13.2 Å². The van der Waals surface area contributed by atoms with E-state index in [1.807, 2.05) is 0 Å². The zero-order valence-electron chi connectivity index (χ0n) is 7.27. The van der Waals surface area contributed by atoms with Gasteiger partial charge in [-0.1, -0.05) is 24.3 Å². The van der Waals surface area contributed by atoms with Gasteiger partial charge >= 0.3 is 6.18 Å². The van der Waals surface area contributed by atoms with Gasteiger partial charge in [0.1, 0.15) is 0 Å². The van der Waals surface area contributed by atoms with Crippen molar-refractivity contribution in [3.8, 4) is 0 Å². The smallest absolute Gasteiger partial charge is 0.291 e. The van der Waals surface area contributed by atoms with Crippen molar-refractivity contribution in [2.75, 3.05) is 0 Å². The molecule has 1 aromatic carbocycles. The number of hydrogen-bond donors (Lipinski definition) is 0. The van der Waals surface area contributed by atoms with E-state index in [2.05, 4.69) is 0 Å². The summed E-state index contributed by atoms with van der Waals surface area (Å²) in [5.41, 5.74) is 0.873. The SMILES string of the molecule is O=[C]Cc1ccc(CC(F)(F)F)cc1. The molecule has 0 aliphatic carbocycles. The lowest BCUT2D eigenvalue weighted by atomic mass is 10.1. The molecule has 0 N–H and O–H groups in total. The van der Waals surface area contributed by atoms with Gasteiger partial charge in [-0.3, -0.25) is 4.79 Å². The third-order valence-corrected chi connectivity index (χ3v) is 1.70. The molecule has 1 aromatic rings. The Morgan fingerprint density at radius 1 is 1.07 bits per heavy atom. The number of alkyl halides is 3. The third-order valence-electron chi connectivity index (χ3n) is 1.70. The lowest BCUT2D eigenvalue weighted by Gasteiger charge is -2.06. The van der Waals surface area contributed by atoms with Gasteiger partial charge in [0.05, 0.1) is 6.42 Å². The van der Waals surface area contributed by atoms with Gasteiger partial charge in [-0.15, -0.1) is 0 Å². The maximum absolute atomic E-state index is 11.9. The number of rotatable bonds is 3. The first-order valence-corrected chi connectivity index (χ1v) is 4.01. The molecule has 14 heavy (non-hydrogen) atoms. The fraction of sp³-hybridized carbons (Fsp3) is 0.300. The Labute approximate surface area is 79.5 Å². The van der Waals surface area contributed by atoms with Gasteiger partial charge in [0.25, 0.3) is 0 Å². The zero-order chi connectivity index (χ0) is 10.6. The molecule has 1 rings (SSSR count). The van der Waals surface area contributed by atoms with E-state index in [4.69, 9.17) is 0 Å². The number of carbonyl (C=O) groups excluding carboxylic acids is 1. The van der Waals surface area contributed by atoms with Crippen molar-refractivity contribution < 1.29 is 18.0 Å². The number of benzene rings is 1. The molecule has 0 saturated carbocycles. The Kier molecular flexibility index (Phi) is 3.28. The van der Waals surface area contributed by atoms with Gasteiger partial charge < -0.3 is 0 Å². The van der Waals surface area contributed by atoms with Crippen molar-refractivity contribution in [3.05, 3.63) is 35.4 Å². The van der Waals surface area contributed by atoms with E-state index in [1.165, 1.54) is 24.3 Å². The highest BCUT2D eigenvalue weighted by Gasteiger charge is 2.27. The quantitative estimate of drug-likeness (QED) is 0.734. The molecule has 0 aromatic heterocycles. The van der Waals surface area contributed by atoms with Crippen LogP contribution in [0, 0.1) is 0 Å². The average molecular weight is 201 g/mol. The van der Waals surface area contributed by atoms with Crippen LogP contribution in [-0.2, 0) is 17.6 Å². The molecule has 0 bridgehead atoms. The fourth-order valence-corrected chi connectivity index (χ4v) is 1.09. The van der Waals surface area contributed by atoms with Crippen molar-refractivity contribution in [2.24, 2.45) is 0 Å². The Balaban J connectivity index is 2.68. The normalized spacial score (nSPS) is 11.4. The topological polar surface area (TPSA) is 17.1 Å². The first-order chi connectivity index (χ1) is 6.51. The first-order valence-electron chi connectivity index (χ1n) is 4.01. The number of halogens is 3. The predicted octanol–water partition coefficient (Wildman–Crippen LogP) is 2.44. The lowest BCUT2D eigenvalue weighted by Crippen LogP contribution is -2.11. The van der Waals surface area contributed by atoms with E-state index in [0.717, 1.165) is 0 Å². The molecule has 0 amide bonds. The van der Waals surface area contributed by atoms with E-state index in [0.29, 0.717) is 5.56 Å². The highest BCUT2D eigenvalue weighted by atomic mass is 19.4. The Morgan fingerprint density at radius 3 is 2.00 bits per heavy atom. The summed E-state index contributed by atoms with van der Waals surface area (Å²) >= 11 is 0. The van der Waals surface area contributed by atoms with E-state index in [1.54, 1.807) is 6.29 Å². The van der Waals surface area contributed by atoms with Crippen LogP contribution in [0.15, 0.2) is 24.3 Å². The monoisotopic (exact) mass is 201 g/mol. The van der Waals surface area contributed by atoms with Crippen LogP contribution in [0.2, 0.25) is 0 Å². The molecule has 0 atom stereocenters. The second kappa shape index (κ2) is 4.26. The van der Waals surface area contributed by atoms with Gasteiger partial charge in [-0.2, -0.15) is 13.2 Å². The zero-order valence-corrected chi connectivity index (χ0v) is 7.27. The van der Waals surface area contributed by atoms with E-state index >= 15 is 0 Å². The summed E-state index contributed by atoms with van der Waals surface area (Å²) in [7, 11) is 0. The minimum absolute atomic E-state index is 0.117. The molecular formula is C10H8F3O. The molecule has 0 aliphatic heterocycles. The van der Waals surface area contributed by atoms with Crippen LogP contribution in [-0.4, -0.2) is 12.5 Å². The van der Waals surface area contributed by atoms with Crippen molar-refractivity contribution in [1.82, 2.24) is 0 Å². The van der Waals surface area contributed by atoms with Gasteiger partial charge in [0, 0.05) is 6.42 Å². The van der Waals surface area contributed by atoms with Gasteiger partial charge in [-0.05, 0) is 11.1 Å². The summed E-state index contributed by atoms with van der Waals surface area (Å²) in [6, 6.07) is 5.76. The lowest BCUT2D eigenvalue weighted by molar-refractivity contribution is -0.127. The number of hydrogen-bond acceptors (Lipinski definition) is 1. The van der Waals surface area contributed by atoms with Crippen LogP contribution in [0.3, 0.4) is 0 Å². The summed E-state index contributed by atoms with van der Waals surface area (Å²) < 4.78 is 35.8. The molecule has 1 nitrogen and oxygen atoms in total. The van der Waals surface area contributed by atoms with Crippen molar-refractivity contribution in [3.63, 3.8) is 0 Å². The summed E-state index contributed by atoms with van der Waals surface area (Å²) in [6.45, 7) is 0. The summed E-state index contributed by atoms with van der Waals surface area (Å²) in [6.07, 6.45) is -3.32. The fourth-order valence-electron chi connectivity index (χ4n) is 1.09. The summed E-state index contributed by atoms with van der Waals surface area (Å²) in [5.74, 6) is 0. The van der Waals surface area contributed by atoms with Crippen LogP contribution in [0.5, 0.6) is 0 Å². The Hall–Kier alpha value is -1.32. The van der Waals surface area contributed by atoms with Crippen molar-refractivity contribution in [1.29, 1.82) is 0 Å². The Morgan fingerprint density at radius 2 is 1.57 bits per heavy atom. The molecule has 0 unspecified atom stereocenters. The van der Waals surface area contributed by atoms with Crippen molar-refractivity contribution in [2.45, 2.75) is 19.0 Å².